The molecule has 1 N–H and O–H groups in total. The maximum Gasteiger partial charge on any atom is 0.283 e. The molecule has 0 heterocycles. The number of amides is 1. The lowest BCUT2D eigenvalue weighted by Crippen LogP contribution is -2.08. The standard InChI is InChI=1S/C18H20ClNO2S/c1-4-13-5-8-17(12(2)9-13)22-11-14-6-7-15(19)10-16(14)20-18(21)23-3/h5-10H,4,11H2,1-3H3,(H,20,21). The Balaban J connectivity index is 2.15. The molecule has 0 atom stereocenters. The van der Waals surface area contributed by atoms with Crippen LogP contribution in [0.1, 0.15) is 23.6 Å². The molecule has 0 saturated carbocycles. The zero-order valence-corrected chi connectivity index (χ0v) is 15.1. The molecular formula is C18H20ClNO2S. The molecule has 5 heteroatoms. The number of hydrogen-bond acceptors (Lipinski definition) is 3. The molecule has 0 spiro atoms. The summed E-state index contributed by atoms with van der Waals surface area (Å²) in [6, 6.07) is 11.6. The molecule has 0 aliphatic heterocycles. The number of rotatable bonds is 5. The van der Waals surface area contributed by atoms with Crippen LogP contribution in [0, 0.1) is 6.92 Å². The van der Waals surface area contributed by atoms with E-state index in [-0.39, 0.29) is 5.24 Å². The third kappa shape index (κ3) is 4.91. The van der Waals surface area contributed by atoms with Crippen LogP contribution in [0.5, 0.6) is 5.75 Å². The van der Waals surface area contributed by atoms with Crippen molar-refractivity contribution in [3.8, 4) is 5.75 Å². The number of hydrogen-bond donors (Lipinski definition) is 1. The summed E-state index contributed by atoms with van der Waals surface area (Å²) in [5, 5.41) is 3.28. The van der Waals surface area contributed by atoms with Crippen molar-refractivity contribution in [2.45, 2.75) is 26.9 Å². The average Bonchev–Trinajstić information content (AvgIpc) is 2.54. The number of aryl methyl sites for hydroxylation is 2. The number of anilines is 1. The van der Waals surface area contributed by atoms with Crippen molar-refractivity contribution in [3.05, 3.63) is 58.1 Å². The van der Waals surface area contributed by atoms with Gasteiger partial charge in [0.2, 0.25) is 0 Å². The van der Waals surface area contributed by atoms with Crippen molar-refractivity contribution in [2.24, 2.45) is 0 Å². The molecule has 2 aromatic carbocycles. The summed E-state index contributed by atoms with van der Waals surface area (Å²) in [6.45, 7) is 4.53. The third-order valence-corrected chi connectivity index (χ3v) is 4.23. The van der Waals surface area contributed by atoms with Crippen molar-refractivity contribution >= 4 is 34.3 Å². The Labute approximate surface area is 146 Å². The predicted molar refractivity (Wildman–Crippen MR) is 98.9 cm³/mol. The fourth-order valence-corrected chi connectivity index (χ4v) is 2.58. The van der Waals surface area contributed by atoms with Gasteiger partial charge in [0.1, 0.15) is 12.4 Å². The summed E-state index contributed by atoms with van der Waals surface area (Å²) < 4.78 is 5.92. The highest BCUT2D eigenvalue weighted by molar-refractivity contribution is 8.13. The SMILES string of the molecule is CCc1ccc(OCc2ccc(Cl)cc2NC(=O)SC)c(C)c1. The Morgan fingerprint density at radius 2 is 2.04 bits per heavy atom. The van der Waals surface area contributed by atoms with Crippen LogP contribution in [-0.4, -0.2) is 11.5 Å². The fourth-order valence-electron chi connectivity index (χ4n) is 2.20. The molecule has 3 nitrogen and oxygen atoms in total. The largest absolute Gasteiger partial charge is 0.489 e. The second-order valence-electron chi connectivity index (χ2n) is 5.16. The number of thioether (sulfide) groups is 1. The summed E-state index contributed by atoms with van der Waals surface area (Å²) >= 11 is 7.14. The summed E-state index contributed by atoms with van der Waals surface area (Å²) in [5.41, 5.74) is 3.96. The van der Waals surface area contributed by atoms with E-state index in [4.69, 9.17) is 16.3 Å². The minimum atomic E-state index is -0.128. The van der Waals surface area contributed by atoms with Gasteiger partial charge in [-0.05, 0) is 48.9 Å². The van der Waals surface area contributed by atoms with Crippen molar-refractivity contribution in [1.29, 1.82) is 0 Å². The Kier molecular flexibility index (Phi) is 6.37. The highest BCUT2D eigenvalue weighted by Crippen LogP contribution is 2.25. The smallest absolute Gasteiger partial charge is 0.283 e. The topological polar surface area (TPSA) is 38.3 Å². The molecule has 0 unspecified atom stereocenters. The normalized spacial score (nSPS) is 10.4. The molecule has 2 rings (SSSR count). The highest BCUT2D eigenvalue weighted by atomic mass is 35.5. The summed E-state index contributed by atoms with van der Waals surface area (Å²) in [4.78, 5) is 11.6. The fraction of sp³-hybridized carbons (Fsp3) is 0.278. The summed E-state index contributed by atoms with van der Waals surface area (Å²) in [5.74, 6) is 0.847. The molecule has 122 valence electrons. The van der Waals surface area contributed by atoms with Crippen molar-refractivity contribution < 1.29 is 9.53 Å². The van der Waals surface area contributed by atoms with Gasteiger partial charge < -0.3 is 10.1 Å². The molecule has 1 amide bonds. The zero-order valence-electron chi connectivity index (χ0n) is 13.5. The molecule has 23 heavy (non-hydrogen) atoms. The lowest BCUT2D eigenvalue weighted by molar-refractivity contribution is 0.269. The van der Waals surface area contributed by atoms with E-state index in [1.807, 2.05) is 19.1 Å². The second-order valence-corrected chi connectivity index (χ2v) is 6.38. The van der Waals surface area contributed by atoms with E-state index in [0.717, 1.165) is 35.1 Å². The molecule has 0 aliphatic rings. The van der Waals surface area contributed by atoms with Crippen LogP contribution >= 0.6 is 23.4 Å². The van der Waals surface area contributed by atoms with Gasteiger partial charge in [0.05, 0.1) is 0 Å². The van der Waals surface area contributed by atoms with E-state index in [1.165, 1.54) is 5.56 Å². The van der Waals surface area contributed by atoms with Crippen LogP contribution in [-0.2, 0) is 13.0 Å². The van der Waals surface area contributed by atoms with E-state index in [2.05, 4.69) is 24.4 Å². The van der Waals surface area contributed by atoms with Gasteiger partial charge in [-0.1, -0.05) is 48.5 Å². The Morgan fingerprint density at radius 1 is 1.26 bits per heavy atom. The van der Waals surface area contributed by atoms with E-state index < -0.39 is 0 Å². The van der Waals surface area contributed by atoms with E-state index in [1.54, 1.807) is 18.4 Å². The quantitative estimate of drug-likeness (QED) is 0.754. The van der Waals surface area contributed by atoms with E-state index in [9.17, 15) is 4.79 Å². The van der Waals surface area contributed by atoms with Crippen LogP contribution in [0.3, 0.4) is 0 Å². The van der Waals surface area contributed by atoms with Crippen LogP contribution in [0.4, 0.5) is 10.5 Å². The molecule has 2 aromatic rings. The number of carbonyl (C=O) groups excluding carboxylic acids is 1. The molecule has 0 bridgehead atoms. The van der Waals surface area contributed by atoms with Gasteiger partial charge in [0.25, 0.3) is 5.24 Å². The third-order valence-electron chi connectivity index (χ3n) is 3.52. The van der Waals surface area contributed by atoms with Crippen LogP contribution in [0.2, 0.25) is 5.02 Å². The van der Waals surface area contributed by atoms with E-state index in [0.29, 0.717) is 17.3 Å². The summed E-state index contributed by atoms with van der Waals surface area (Å²) in [6.07, 6.45) is 2.73. The monoisotopic (exact) mass is 349 g/mol. The minimum Gasteiger partial charge on any atom is -0.489 e. The van der Waals surface area contributed by atoms with Crippen LogP contribution in [0.15, 0.2) is 36.4 Å². The average molecular weight is 350 g/mol. The number of nitrogens with one attached hydrogen (secondary N) is 1. The van der Waals surface area contributed by atoms with Gasteiger partial charge in [0.15, 0.2) is 0 Å². The van der Waals surface area contributed by atoms with Gasteiger partial charge in [-0.2, -0.15) is 0 Å². The Morgan fingerprint density at radius 3 is 2.70 bits per heavy atom. The zero-order chi connectivity index (χ0) is 16.8. The number of halogens is 1. The first-order valence-corrected chi connectivity index (χ1v) is 8.99. The maximum absolute atomic E-state index is 11.6. The van der Waals surface area contributed by atoms with Gasteiger partial charge in [-0.3, -0.25) is 4.79 Å². The lowest BCUT2D eigenvalue weighted by atomic mass is 10.1. The summed E-state index contributed by atoms with van der Waals surface area (Å²) in [7, 11) is 0. The van der Waals surface area contributed by atoms with Crippen molar-refractivity contribution in [2.75, 3.05) is 11.6 Å². The Hall–Kier alpha value is -1.65. The maximum atomic E-state index is 11.6. The van der Waals surface area contributed by atoms with Gasteiger partial charge in [-0.25, -0.2) is 0 Å². The van der Waals surface area contributed by atoms with Gasteiger partial charge >= 0.3 is 0 Å². The molecular weight excluding hydrogens is 330 g/mol. The molecule has 0 aliphatic carbocycles. The highest BCUT2D eigenvalue weighted by Gasteiger charge is 2.09. The number of carbonyl (C=O) groups is 1. The van der Waals surface area contributed by atoms with Gasteiger partial charge in [0, 0.05) is 16.3 Å². The van der Waals surface area contributed by atoms with E-state index >= 15 is 0 Å². The minimum absolute atomic E-state index is 0.128. The predicted octanol–water partition coefficient (Wildman–Crippen LogP) is 5.68. The first-order chi connectivity index (χ1) is 11.0. The Bertz CT molecular complexity index is 703. The molecule has 0 radical (unpaired) electrons. The first-order valence-electron chi connectivity index (χ1n) is 7.39. The molecule has 0 fully saturated rings. The first kappa shape index (κ1) is 17.7. The van der Waals surface area contributed by atoms with Crippen molar-refractivity contribution in [3.63, 3.8) is 0 Å². The van der Waals surface area contributed by atoms with Crippen LogP contribution in [0.25, 0.3) is 0 Å². The van der Waals surface area contributed by atoms with Crippen molar-refractivity contribution in [1.82, 2.24) is 0 Å². The number of ether oxygens (including phenoxy) is 1. The van der Waals surface area contributed by atoms with Gasteiger partial charge in [-0.15, -0.1) is 0 Å². The lowest BCUT2D eigenvalue weighted by Gasteiger charge is -2.14. The van der Waals surface area contributed by atoms with Crippen LogP contribution < -0.4 is 10.1 Å². The number of benzene rings is 2. The molecule has 0 aromatic heterocycles. The molecule has 0 saturated heterocycles. The second kappa shape index (κ2) is 8.27.